The third-order valence-corrected chi connectivity index (χ3v) is 2.59. The number of rotatable bonds is 2. The van der Waals surface area contributed by atoms with Crippen molar-refractivity contribution in [1.82, 2.24) is 15.6 Å². The quantitative estimate of drug-likeness (QED) is 0.652. The van der Waals surface area contributed by atoms with Crippen molar-refractivity contribution in [2.24, 2.45) is 0 Å². The molecule has 0 aliphatic carbocycles. The molecule has 1 aromatic heterocycles. The zero-order valence-electron chi connectivity index (χ0n) is 9.27. The third kappa shape index (κ3) is 2.72. The number of nitrogen functional groups attached to an aromatic ring is 1. The fourth-order valence-electron chi connectivity index (χ4n) is 1.72. The molecular formula is C11H14N4O2. The molecule has 1 fully saturated rings. The summed E-state index contributed by atoms with van der Waals surface area (Å²) in [6.07, 6.45) is 1.51. The number of hydrogen-bond donors (Lipinski definition) is 3. The summed E-state index contributed by atoms with van der Waals surface area (Å²) in [5.41, 5.74) is 5.71. The number of nitrogens with zero attached hydrogens (tertiary/aromatic N) is 1. The zero-order chi connectivity index (χ0) is 12.3. The van der Waals surface area contributed by atoms with Crippen molar-refractivity contribution in [3.63, 3.8) is 0 Å². The SMILES string of the molecule is Nc1cccc(C(=O)NC2CCCNC2=O)n1. The van der Waals surface area contributed by atoms with E-state index in [0.29, 0.717) is 13.0 Å². The molecule has 6 nitrogen and oxygen atoms in total. The average molecular weight is 234 g/mol. The van der Waals surface area contributed by atoms with E-state index in [1.54, 1.807) is 18.2 Å². The molecule has 0 spiro atoms. The van der Waals surface area contributed by atoms with Crippen LogP contribution in [-0.2, 0) is 4.79 Å². The monoisotopic (exact) mass is 234 g/mol. The molecule has 6 heteroatoms. The highest BCUT2D eigenvalue weighted by Crippen LogP contribution is 2.05. The van der Waals surface area contributed by atoms with E-state index in [1.807, 2.05) is 0 Å². The van der Waals surface area contributed by atoms with E-state index >= 15 is 0 Å². The summed E-state index contributed by atoms with van der Waals surface area (Å²) in [7, 11) is 0. The van der Waals surface area contributed by atoms with Crippen LogP contribution in [-0.4, -0.2) is 29.4 Å². The number of piperidine rings is 1. The van der Waals surface area contributed by atoms with Crippen molar-refractivity contribution in [2.45, 2.75) is 18.9 Å². The first-order chi connectivity index (χ1) is 8.16. The topological polar surface area (TPSA) is 97.1 Å². The maximum atomic E-state index is 11.8. The zero-order valence-corrected chi connectivity index (χ0v) is 9.27. The lowest BCUT2D eigenvalue weighted by atomic mass is 10.1. The van der Waals surface area contributed by atoms with Crippen LogP contribution in [0.2, 0.25) is 0 Å². The number of anilines is 1. The number of amides is 2. The van der Waals surface area contributed by atoms with Crippen molar-refractivity contribution >= 4 is 17.6 Å². The highest BCUT2D eigenvalue weighted by molar-refractivity contribution is 5.96. The highest BCUT2D eigenvalue weighted by atomic mass is 16.2. The molecule has 1 aliphatic heterocycles. The van der Waals surface area contributed by atoms with E-state index in [9.17, 15) is 9.59 Å². The fourth-order valence-corrected chi connectivity index (χ4v) is 1.72. The predicted molar refractivity (Wildman–Crippen MR) is 62.1 cm³/mol. The Morgan fingerprint density at radius 2 is 2.35 bits per heavy atom. The number of hydrogen-bond acceptors (Lipinski definition) is 4. The number of nitrogens with one attached hydrogen (secondary N) is 2. The van der Waals surface area contributed by atoms with Crippen LogP contribution in [0.1, 0.15) is 23.3 Å². The smallest absolute Gasteiger partial charge is 0.270 e. The lowest BCUT2D eigenvalue weighted by Gasteiger charge is -2.22. The van der Waals surface area contributed by atoms with E-state index in [0.717, 1.165) is 6.42 Å². The van der Waals surface area contributed by atoms with Crippen LogP contribution in [0.4, 0.5) is 5.82 Å². The Morgan fingerprint density at radius 1 is 1.53 bits per heavy atom. The summed E-state index contributed by atoms with van der Waals surface area (Å²) < 4.78 is 0. The molecule has 0 radical (unpaired) electrons. The molecule has 4 N–H and O–H groups in total. The average Bonchev–Trinajstić information content (AvgIpc) is 2.32. The van der Waals surface area contributed by atoms with Gasteiger partial charge in [-0.15, -0.1) is 0 Å². The number of carbonyl (C=O) groups excluding carboxylic acids is 2. The largest absolute Gasteiger partial charge is 0.384 e. The first-order valence-corrected chi connectivity index (χ1v) is 5.48. The molecule has 2 rings (SSSR count). The molecular weight excluding hydrogens is 220 g/mol. The molecule has 1 unspecified atom stereocenters. The number of carbonyl (C=O) groups is 2. The second kappa shape index (κ2) is 4.82. The number of aromatic nitrogens is 1. The summed E-state index contributed by atoms with van der Waals surface area (Å²) >= 11 is 0. The summed E-state index contributed by atoms with van der Waals surface area (Å²) in [5.74, 6) is -0.237. The molecule has 17 heavy (non-hydrogen) atoms. The summed E-state index contributed by atoms with van der Waals surface area (Å²) in [4.78, 5) is 27.2. The van der Waals surface area contributed by atoms with Crippen LogP contribution in [0.3, 0.4) is 0 Å². The molecule has 1 aliphatic rings. The Balaban J connectivity index is 2.03. The van der Waals surface area contributed by atoms with Crippen LogP contribution in [0.5, 0.6) is 0 Å². The van der Waals surface area contributed by atoms with Crippen molar-refractivity contribution in [1.29, 1.82) is 0 Å². The predicted octanol–water partition coefficient (Wildman–Crippen LogP) is -0.328. The number of pyridine rings is 1. The Kier molecular flexibility index (Phi) is 3.22. The summed E-state index contributed by atoms with van der Waals surface area (Å²) in [6, 6.07) is 4.34. The van der Waals surface area contributed by atoms with Gasteiger partial charge in [-0.3, -0.25) is 9.59 Å². The van der Waals surface area contributed by atoms with Crippen LogP contribution in [0.25, 0.3) is 0 Å². The molecule has 90 valence electrons. The molecule has 0 bridgehead atoms. The lowest BCUT2D eigenvalue weighted by molar-refractivity contribution is -0.124. The van der Waals surface area contributed by atoms with Gasteiger partial charge in [0.2, 0.25) is 5.91 Å². The van der Waals surface area contributed by atoms with Gasteiger partial charge in [0.1, 0.15) is 17.6 Å². The Bertz CT molecular complexity index is 447. The third-order valence-electron chi connectivity index (χ3n) is 2.59. The Morgan fingerprint density at radius 3 is 3.06 bits per heavy atom. The van der Waals surface area contributed by atoms with Gasteiger partial charge >= 0.3 is 0 Å². The molecule has 0 saturated carbocycles. The lowest BCUT2D eigenvalue weighted by Crippen LogP contribution is -2.50. The minimum Gasteiger partial charge on any atom is -0.384 e. The molecule has 2 heterocycles. The highest BCUT2D eigenvalue weighted by Gasteiger charge is 2.24. The van der Waals surface area contributed by atoms with Gasteiger partial charge in [0.05, 0.1) is 0 Å². The van der Waals surface area contributed by atoms with Gasteiger partial charge in [0.25, 0.3) is 5.91 Å². The molecule has 1 aromatic rings. The van der Waals surface area contributed by atoms with Gasteiger partial charge in [-0.25, -0.2) is 4.98 Å². The Labute approximate surface area is 98.6 Å². The summed E-state index contributed by atoms with van der Waals surface area (Å²) in [5, 5.41) is 5.34. The van der Waals surface area contributed by atoms with Gasteiger partial charge < -0.3 is 16.4 Å². The van der Waals surface area contributed by atoms with Crippen LogP contribution in [0.15, 0.2) is 18.2 Å². The number of nitrogens with two attached hydrogens (primary N) is 1. The van der Waals surface area contributed by atoms with Gasteiger partial charge in [-0.2, -0.15) is 0 Å². The second-order valence-electron chi connectivity index (χ2n) is 3.91. The maximum absolute atomic E-state index is 11.8. The van der Waals surface area contributed by atoms with Crippen molar-refractivity contribution in [2.75, 3.05) is 12.3 Å². The molecule has 1 saturated heterocycles. The first kappa shape index (κ1) is 11.4. The van der Waals surface area contributed by atoms with Gasteiger partial charge in [-0.05, 0) is 25.0 Å². The van der Waals surface area contributed by atoms with Crippen LogP contribution in [0, 0.1) is 0 Å². The van der Waals surface area contributed by atoms with Gasteiger partial charge in [-0.1, -0.05) is 6.07 Å². The standard InChI is InChI=1S/C11H14N4O2/c12-9-5-1-3-8(14-9)11(17)15-7-4-2-6-13-10(7)16/h1,3,5,7H,2,4,6H2,(H2,12,14)(H,13,16)(H,15,17). The fraction of sp³-hybridized carbons (Fsp3) is 0.364. The van der Waals surface area contributed by atoms with Crippen molar-refractivity contribution in [3.05, 3.63) is 23.9 Å². The Hall–Kier alpha value is -2.11. The molecule has 1 atom stereocenters. The maximum Gasteiger partial charge on any atom is 0.270 e. The minimum atomic E-state index is -0.473. The van der Waals surface area contributed by atoms with E-state index in [2.05, 4.69) is 15.6 Å². The van der Waals surface area contributed by atoms with Gasteiger partial charge in [0, 0.05) is 6.54 Å². The summed E-state index contributed by atoms with van der Waals surface area (Å²) in [6.45, 7) is 0.668. The van der Waals surface area contributed by atoms with Crippen molar-refractivity contribution < 1.29 is 9.59 Å². The van der Waals surface area contributed by atoms with Gasteiger partial charge in [0.15, 0.2) is 0 Å². The van der Waals surface area contributed by atoms with E-state index in [-0.39, 0.29) is 23.3 Å². The first-order valence-electron chi connectivity index (χ1n) is 5.48. The van der Waals surface area contributed by atoms with Crippen molar-refractivity contribution in [3.8, 4) is 0 Å². The van der Waals surface area contributed by atoms with E-state index in [4.69, 9.17) is 5.73 Å². The minimum absolute atomic E-state index is 0.145. The van der Waals surface area contributed by atoms with E-state index in [1.165, 1.54) is 0 Å². The normalized spacial score (nSPS) is 19.5. The molecule has 2 amide bonds. The molecule has 0 aromatic carbocycles. The van der Waals surface area contributed by atoms with E-state index < -0.39 is 6.04 Å². The van der Waals surface area contributed by atoms with Crippen LogP contribution >= 0.6 is 0 Å². The van der Waals surface area contributed by atoms with Crippen LogP contribution < -0.4 is 16.4 Å². The second-order valence-corrected chi connectivity index (χ2v) is 3.91.